The van der Waals surface area contributed by atoms with Crippen molar-refractivity contribution < 1.29 is 9.59 Å². The monoisotopic (exact) mass is 430 g/mol. The van der Waals surface area contributed by atoms with Gasteiger partial charge < -0.3 is 5.32 Å². The molecule has 0 fully saturated rings. The van der Waals surface area contributed by atoms with E-state index >= 15 is 0 Å². The van der Waals surface area contributed by atoms with Crippen LogP contribution in [0, 0.1) is 27.7 Å². The van der Waals surface area contributed by atoms with Gasteiger partial charge in [0.25, 0.3) is 11.8 Å². The fraction of sp³-hybridized carbons (Fsp3) is 0.154. The van der Waals surface area contributed by atoms with E-state index in [9.17, 15) is 9.59 Å². The topological polar surface area (TPSA) is 49.4 Å². The molecule has 0 radical (unpaired) electrons. The Kier molecular flexibility index (Phi) is 5.42. The molecule has 0 saturated carbocycles. The lowest BCUT2D eigenvalue weighted by Crippen LogP contribution is -2.32. The predicted octanol–water partition coefficient (Wildman–Crippen LogP) is 5.97. The van der Waals surface area contributed by atoms with Gasteiger partial charge in [-0.25, -0.2) is 4.90 Å². The number of hydrogen-bond acceptors (Lipinski definition) is 3. The van der Waals surface area contributed by atoms with Crippen LogP contribution in [0.3, 0.4) is 0 Å². The number of rotatable bonds is 4. The summed E-state index contributed by atoms with van der Waals surface area (Å²) in [5.41, 5.74) is 6.74. The lowest BCUT2D eigenvalue weighted by Gasteiger charge is -2.17. The van der Waals surface area contributed by atoms with Crippen LogP contribution in [0.25, 0.3) is 5.57 Å². The highest BCUT2D eigenvalue weighted by Gasteiger charge is 2.41. The van der Waals surface area contributed by atoms with Crippen molar-refractivity contribution in [2.24, 2.45) is 0 Å². The van der Waals surface area contributed by atoms with Crippen molar-refractivity contribution in [3.8, 4) is 0 Å². The molecule has 1 heterocycles. The molecule has 5 heteroatoms. The molecule has 3 aromatic rings. The highest BCUT2D eigenvalue weighted by Crippen LogP contribution is 2.37. The second-order valence-electron chi connectivity index (χ2n) is 7.82. The van der Waals surface area contributed by atoms with E-state index in [0.717, 1.165) is 32.8 Å². The molecule has 0 aromatic heterocycles. The molecule has 1 aliphatic heterocycles. The van der Waals surface area contributed by atoms with Gasteiger partial charge in [-0.15, -0.1) is 0 Å². The van der Waals surface area contributed by atoms with Crippen LogP contribution in [0.15, 0.2) is 66.4 Å². The Balaban J connectivity index is 1.89. The quantitative estimate of drug-likeness (QED) is 0.518. The van der Waals surface area contributed by atoms with Gasteiger partial charge in [-0.05, 0) is 73.7 Å². The van der Waals surface area contributed by atoms with Crippen molar-refractivity contribution in [3.63, 3.8) is 0 Å². The second kappa shape index (κ2) is 8.05. The second-order valence-corrected chi connectivity index (χ2v) is 8.23. The molecular formula is C26H23ClN2O2. The highest BCUT2D eigenvalue weighted by atomic mass is 35.5. The van der Waals surface area contributed by atoms with Crippen molar-refractivity contribution in [2.45, 2.75) is 27.7 Å². The summed E-state index contributed by atoms with van der Waals surface area (Å²) in [6, 6.07) is 18.5. The Morgan fingerprint density at radius 2 is 1.52 bits per heavy atom. The average molecular weight is 431 g/mol. The minimum Gasteiger partial charge on any atom is -0.350 e. The summed E-state index contributed by atoms with van der Waals surface area (Å²) in [7, 11) is 0. The summed E-state index contributed by atoms with van der Waals surface area (Å²) in [6.07, 6.45) is 0. The Bertz CT molecular complexity index is 1260. The van der Waals surface area contributed by atoms with E-state index in [4.69, 9.17) is 11.6 Å². The number of nitrogens with one attached hydrogen (secondary N) is 1. The van der Waals surface area contributed by atoms with E-state index in [1.54, 1.807) is 24.3 Å². The first-order valence-electron chi connectivity index (χ1n) is 10.1. The zero-order valence-electron chi connectivity index (χ0n) is 17.9. The van der Waals surface area contributed by atoms with E-state index < -0.39 is 11.8 Å². The van der Waals surface area contributed by atoms with Gasteiger partial charge in [0, 0.05) is 5.69 Å². The number of carbonyl (C=O) groups is 2. The molecule has 1 aliphatic rings. The number of benzene rings is 3. The van der Waals surface area contributed by atoms with Crippen LogP contribution >= 0.6 is 11.6 Å². The van der Waals surface area contributed by atoms with Crippen LogP contribution in [0.4, 0.5) is 11.4 Å². The Labute approximate surface area is 187 Å². The molecule has 156 valence electrons. The zero-order valence-corrected chi connectivity index (χ0v) is 18.7. The minimum atomic E-state index is -0.424. The minimum absolute atomic E-state index is 0.252. The summed E-state index contributed by atoms with van der Waals surface area (Å²) >= 11 is 6.34. The largest absolute Gasteiger partial charge is 0.350 e. The van der Waals surface area contributed by atoms with Crippen molar-refractivity contribution in [3.05, 3.63) is 99.2 Å². The van der Waals surface area contributed by atoms with Crippen LogP contribution in [0.2, 0.25) is 5.02 Å². The van der Waals surface area contributed by atoms with E-state index in [1.807, 2.05) is 64.1 Å². The van der Waals surface area contributed by atoms with Gasteiger partial charge in [0.2, 0.25) is 0 Å². The SMILES string of the molecule is Cc1ccc(C2=C(Nc3cccc(C)c3C)C(=O)N(c3ccccc3Cl)C2=O)cc1C. The van der Waals surface area contributed by atoms with E-state index in [-0.39, 0.29) is 5.70 Å². The number of nitrogens with zero attached hydrogens (tertiary/aromatic N) is 1. The van der Waals surface area contributed by atoms with Gasteiger partial charge in [0.1, 0.15) is 5.70 Å². The lowest BCUT2D eigenvalue weighted by atomic mass is 9.99. The first-order chi connectivity index (χ1) is 14.8. The van der Waals surface area contributed by atoms with Gasteiger partial charge in [-0.3, -0.25) is 9.59 Å². The van der Waals surface area contributed by atoms with Crippen molar-refractivity contribution in [1.29, 1.82) is 0 Å². The summed E-state index contributed by atoms with van der Waals surface area (Å²) in [6.45, 7) is 8.00. The van der Waals surface area contributed by atoms with Crippen molar-refractivity contribution >= 4 is 40.4 Å². The van der Waals surface area contributed by atoms with Crippen LogP contribution in [-0.2, 0) is 9.59 Å². The number of anilines is 2. The molecule has 31 heavy (non-hydrogen) atoms. The van der Waals surface area contributed by atoms with Crippen molar-refractivity contribution in [1.82, 2.24) is 0 Å². The normalized spacial score (nSPS) is 13.9. The molecule has 4 rings (SSSR count). The zero-order chi connectivity index (χ0) is 22.3. The number of carbonyl (C=O) groups excluding carboxylic acids is 2. The predicted molar refractivity (Wildman–Crippen MR) is 126 cm³/mol. The number of imide groups is 1. The van der Waals surface area contributed by atoms with Crippen LogP contribution in [-0.4, -0.2) is 11.8 Å². The maximum atomic E-state index is 13.6. The lowest BCUT2D eigenvalue weighted by molar-refractivity contribution is -0.120. The van der Waals surface area contributed by atoms with Crippen LogP contribution < -0.4 is 10.2 Å². The molecule has 3 aromatic carbocycles. The van der Waals surface area contributed by atoms with Gasteiger partial charge in [-0.2, -0.15) is 0 Å². The summed E-state index contributed by atoms with van der Waals surface area (Å²) in [4.78, 5) is 28.3. The van der Waals surface area contributed by atoms with E-state index in [2.05, 4.69) is 5.32 Å². The maximum Gasteiger partial charge on any atom is 0.282 e. The summed E-state index contributed by atoms with van der Waals surface area (Å²) in [5, 5.41) is 3.60. The molecule has 1 N–H and O–H groups in total. The first kappa shape index (κ1) is 20.9. The Morgan fingerprint density at radius 3 is 2.23 bits per heavy atom. The molecule has 0 aliphatic carbocycles. The third-order valence-electron chi connectivity index (χ3n) is 5.84. The average Bonchev–Trinajstić information content (AvgIpc) is 2.98. The molecule has 0 unspecified atom stereocenters. The summed E-state index contributed by atoms with van der Waals surface area (Å²) < 4.78 is 0. The number of para-hydroxylation sites is 1. The third kappa shape index (κ3) is 3.64. The molecule has 4 nitrogen and oxygen atoms in total. The number of hydrogen-bond donors (Lipinski definition) is 1. The van der Waals surface area contributed by atoms with E-state index in [0.29, 0.717) is 21.8 Å². The Hall–Kier alpha value is -3.37. The summed E-state index contributed by atoms with van der Waals surface area (Å²) in [5.74, 6) is -0.818. The number of halogens is 1. The first-order valence-corrected chi connectivity index (χ1v) is 10.5. The fourth-order valence-electron chi connectivity index (χ4n) is 3.68. The van der Waals surface area contributed by atoms with Crippen molar-refractivity contribution in [2.75, 3.05) is 10.2 Å². The van der Waals surface area contributed by atoms with Gasteiger partial charge in [0.05, 0.1) is 16.3 Å². The number of aryl methyl sites for hydroxylation is 3. The van der Waals surface area contributed by atoms with Gasteiger partial charge >= 0.3 is 0 Å². The Morgan fingerprint density at radius 1 is 0.774 bits per heavy atom. The standard InChI is InChI=1S/C26H23ClN2O2/c1-15-12-13-19(14-17(15)3)23-24(28-21-10-7-8-16(2)18(21)4)26(31)29(25(23)30)22-11-6-5-9-20(22)27/h5-14,28H,1-4H3. The van der Waals surface area contributed by atoms with Crippen LogP contribution in [0.1, 0.15) is 27.8 Å². The molecule has 0 atom stereocenters. The molecule has 0 saturated heterocycles. The molecular weight excluding hydrogens is 408 g/mol. The maximum absolute atomic E-state index is 13.6. The van der Waals surface area contributed by atoms with E-state index in [1.165, 1.54) is 0 Å². The molecule has 0 spiro atoms. The fourth-order valence-corrected chi connectivity index (χ4v) is 3.90. The molecule has 2 amide bonds. The molecule has 0 bridgehead atoms. The third-order valence-corrected chi connectivity index (χ3v) is 6.16. The van der Waals surface area contributed by atoms with Crippen LogP contribution in [0.5, 0.6) is 0 Å². The van der Waals surface area contributed by atoms with Gasteiger partial charge in [-0.1, -0.05) is 54.1 Å². The smallest absolute Gasteiger partial charge is 0.282 e. The van der Waals surface area contributed by atoms with Gasteiger partial charge in [0.15, 0.2) is 0 Å². The number of amides is 2. The highest BCUT2D eigenvalue weighted by molar-refractivity contribution is 6.48.